The first-order valence-corrected chi connectivity index (χ1v) is 7.56. The van der Waals surface area contributed by atoms with Crippen LogP contribution in [0, 0.1) is 0 Å². The molecule has 104 valence electrons. The predicted molar refractivity (Wildman–Crippen MR) is 77.8 cm³/mol. The minimum Gasteiger partial charge on any atom is -0.477 e. The summed E-state index contributed by atoms with van der Waals surface area (Å²) in [6, 6.07) is 10.0. The lowest BCUT2D eigenvalue weighted by molar-refractivity contribution is 0.0690. The van der Waals surface area contributed by atoms with Gasteiger partial charge in [-0.3, -0.25) is 4.90 Å². The van der Waals surface area contributed by atoms with E-state index < -0.39 is 5.97 Å². The molecule has 20 heavy (non-hydrogen) atoms. The Kier molecular flexibility index (Phi) is 3.80. The van der Waals surface area contributed by atoms with Crippen molar-refractivity contribution >= 4 is 17.3 Å². The topological polar surface area (TPSA) is 53.4 Å². The van der Waals surface area contributed by atoms with Crippen molar-refractivity contribution in [2.24, 2.45) is 0 Å². The highest BCUT2D eigenvalue weighted by Gasteiger charge is 2.29. The van der Waals surface area contributed by atoms with E-state index in [4.69, 9.17) is 5.11 Å². The second kappa shape index (κ2) is 5.73. The van der Waals surface area contributed by atoms with Crippen molar-refractivity contribution in [2.75, 3.05) is 0 Å². The van der Waals surface area contributed by atoms with E-state index in [1.807, 2.05) is 6.07 Å². The summed E-state index contributed by atoms with van der Waals surface area (Å²) in [5.74, 6) is -0.969. The minimum absolute atomic E-state index is 0.120. The Labute approximate surface area is 121 Å². The number of hydrogen-bond donors (Lipinski definition) is 1. The molecule has 1 fully saturated rings. The van der Waals surface area contributed by atoms with Gasteiger partial charge >= 0.3 is 5.97 Å². The molecule has 1 aliphatic rings. The maximum atomic E-state index is 11.0. The molecule has 0 aliphatic heterocycles. The molecule has 2 aromatic heterocycles. The molecule has 2 aromatic rings. The predicted octanol–water partition coefficient (Wildman–Crippen LogP) is 3.01. The van der Waals surface area contributed by atoms with E-state index in [1.165, 1.54) is 23.8 Å². The van der Waals surface area contributed by atoms with Gasteiger partial charge < -0.3 is 5.11 Å². The van der Waals surface area contributed by atoms with Crippen LogP contribution in [0.4, 0.5) is 0 Å². The molecule has 0 spiro atoms. The van der Waals surface area contributed by atoms with Crippen molar-refractivity contribution in [3.05, 3.63) is 52.0 Å². The van der Waals surface area contributed by atoms with Crippen LogP contribution in [0.1, 0.15) is 33.9 Å². The molecule has 0 unspecified atom stereocenters. The van der Waals surface area contributed by atoms with Crippen LogP contribution in [0.2, 0.25) is 0 Å². The number of hydrogen-bond acceptors (Lipinski definition) is 4. The largest absolute Gasteiger partial charge is 0.477 e. The molecule has 5 heteroatoms. The van der Waals surface area contributed by atoms with Crippen molar-refractivity contribution in [1.82, 2.24) is 9.88 Å². The van der Waals surface area contributed by atoms with E-state index in [9.17, 15) is 4.79 Å². The van der Waals surface area contributed by atoms with E-state index in [0.29, 0.717) is 12.6 Å². The number of carboxylic acids is 1. The van der Waals surface area contributed by atoms with Gasteiger partial charge in [-0.1, -0.05) is 12.1 Å². The zero-order chi connectivity index (χ0) is 13.9. The fraction of sp³-hybridized carbons (Fsp3) is 0.333. The molecule has 0 radical (unpaired) electrons. The average Bonchev–Trinajstić information content (AvgIpc) is 3.17. The van der Waals surface area contributed by atoms with Crippen molar-refractivity contribution in [2.45, 2.75) is 32.0 Å². The Bertz CT molecular complexity index is 594. The summed E-state index contributed by atoms with van der Waals surface area (Å²) >= 11 is 1.76. The Hall–Kier alpha value is -1.72. The average molecular weight is 288 g/mol. The lowest BCUT2D eigenvalue weighted by atomic mass is 10.2. The van der Waals surface area contributed by atoms with Gasteiger partial charge in [-0.15, -0.1) is 11.3 Å². The van der Waals surface area contributed by atoms with E-state index in [1.54, 1.807) is 17.4 Å². The van der Waals surface area contributed by atoms with Gasteiger partial charge in [0.2, 0.25) is 0 Å². The van der Waals surface area contributed by atoms with Gasteiger partial charge in [-0.05, 0) is 36.4 Å². The molecule has 2 heterocycles. The Morgan fingerprint density at radius 1 is 1.30 bits per heavy atom. The molecule has 1 saturated carbocycles. The summed E-state index contributed by atoms with van der Waals surface area (Å²) in [7, 11) is 0. The third-order valence-electron chi connectivity index (χ3n) is 3.39. The fourth-order valence-corrected chi connectivity index (χ4v) is 2.98. The third-order valence-corrected chi connectivity index (χ3v) is 4.25. The molecule has 3 rings (SSSR count). The molecule has 4 nitrogen and oxygen atoms in total. The number of aromatic carboxylic acids is 1. The van der Waals surface area contributed by atoms with Crippen LogP contribution in [0.25, 0.3) is 0 Å². The zero-order valence-corrected chi connectivity index (χ0v) is 11.8. The van der Waals surface area contributed by atoms with Gasteiger partial charge in [0.1, 0.15) is 5.69 Å². The first-order valence-electron chi connectivity index (χ1n) is 6.68. The van der Waals surface area contributed by atoms with Crippen molar-refractivity contribution in [1.29, 1.82) is 0 Å². The highest BCUT2D eigenvalue weighted by molar-refractivity contribution is 7.09. The van der Waals surface area contributed by atoms with Gasteiger partial charge in [-0.25, -0.2) is 9.78 Å². The maximum absolute atomic E-state index is 11.0. The summed E-state index contributed by atoms with van der Waals surface area (Å²) < 4.78 is 0. The number of thiophene rings is 1. The summed E-state index contributed by atoms with van der Waals surface area (Å²) in [4.78, 5) is 18.9. The number of rotatable bonds is 6. The van der Waals surface area contributed by atoms with Gasteiger partial charge in [0.25, 0.3) is 0 Å². The molecule has 0 aromatic carbocycles. The van der Waals surface area contributed by atoms with Crippen LogP contribution in [-0.4, -0.2) is 27.0 Å². The fourth-order valence-electron chi connectivity index (χ4n) is 2.25. The molecule has 1 aliphatic carbocycles. The normalized spacial score (nSPS) is 14.7. The van der Waals surface area contributed by atoms with Crippen molar-refractivity contribution in [3.8, 4) is 0 Å². The number of aromatic nitrogens is 1. The van der Waals surface area contributed by atoms with Crippen molar-refractivity contribution < 1.29 is 9.90 Å². The number of carbonyl (C=O) groups is 1. The summed E-state index contributed by atoms with van der Waals surface area (Å²) in [6.07, 6.45) is 2.45. The number of carboxylic acid groups (broad SMARTS) is 1. The van der Waals surface area contributed by atoms with Crippen LogP contribution in [0.15, 0.2) is 35.7 Å². The van der Waals surface area contributed by atoms with Gasteiger partial charge in [0, 0.05) is 24.0 Å². The monoisotopic (exact) mass is 288 g/mol. The highest BCUT2D eigenvalue weighted by atomic mass is 32.1. The number of pyridine rings is 1. The molecule has 0 saturated heterocycles. The summed E-state index contributed by atoms with van der Waals surface area (Å²) in [5.41, 5.74) is 0.947. The first kappa shape index (κ1) is 13.3. The van der Waals surface area contributed by atoms with Crippen LogP contribution < -0.4 is 0 Å². The van der Waals surface area contributed by atoms with E-state index in [0.717, 1.165) is 12.2 Å². The van der Waals surface area contributed by atoms with E-state index in [2.05, 4.69) is 27.4 Å². The molecule has 0 atom stereocenters. The number of nitrogens with zero attached hydrogens (tertiary/aromatic N) is 2. The quantitative estimate of drug-likeness (QED) is 0.887. The maximum Gasteiger partial charge on any atom is 0.354 e. The second-order valence-electron chi connectivity index (χ2n) is 5.03. The third kappa shape index (κ3) is 3.23. The molecule has 0 bridgehead atoms. The summed E-state index contributed by atoms with van der Waals surface area (Å²) in [5, 5.41) is 11.1. The van der Waals surface area contributed by atoms with Crippen LogP contribution in [0.5, 0.6) is 0 Å². The molecule has 1 N–H and O–H groups in total. The van der Waals surface area contributed by atoms with E-state index >= 15 is 0 Å². The summed E-state index contributed by atoms with van der Waals surface area (Å²) in [6.45, 7) is 1.63. The molecule has 0 amide bonds. The van der Waals surface area contributed by atoms with Gasteiger partial charge in [0.15, 0.2) is 0 Å². The highest BCUT2D eigenvalue weighted by Crippen LogP contribution is 2.30. The van der Waals surface area contributed by atoms with Gasteiger partial charge in [-0.2, -0.15) is 0 Å². The Morgan fingerprint density at radius 3 is 2.80 bits per heavy atom. The standard InChI is InChI=1S/C15H16N2O2S/c18-15(19)14-5-1-3-11(16-14)9-17(12-6-7-12)10-13-4-2-8-20-13/h1-5,8,12H,6-7,9-10H2,(H,18,19). The lowest BCUT2D eigenvalue weighted by Crippen LogP contribution is -2.25. The van der Waals surface area contributed by atoms with Crippen LogP contribution in [0.3, 0.4) is 0 Å². The zero-order valence-electron chi connectivity index (χ0n) is 11.0. The van der Waals surface area contributed by atoms with Crippen LogP contribution >= 0.6 is 11.3 Å². The second-order valence-corrected chi connectivity index (χ2v) is 6.07. The Balaban J connectivity index is 1.73. The van der Waals surface area contributed by atoms with E-state index in [-0.39, 0.29) is 5.69 Å². The molecular weight excluding hydrogens is 272 g/mol. The Morgan fingerprint density at radius 2 is 2.15 bits per heavy atom. The van der Waals surface area contributed by atoms with Crippen molar-refractivity contribution in [3.63, 3.8) is 0 Å². The first-order chi connectivity index (χ1) is 9.72. The SMILES string of the molecule is O=C(O)c1cccc(CN(Cc2cccs2)C2CC2)n1. The van der Waals surface area contributed by atoms with Gasteiger partial charge in [0.05, 0.1) is 5.69 Å². The molecular formula is C15H16N2O2S. The lowest BCUT2D eigenvalue weighted by Gasteiger charge is -2.20. The van der Waals surface area contributed by atoms with Crippen LogP contribution in [-0.2, 0) is 13.1 Å². The smallest absolute Gasteiger partial charge is 0.354 e. The minimum atomic E-state index is -0.969.